The fourth-order valence-corrected chi connectivity index (χ4v) is 5.22. The van der Waals surface area contributed by atoms with Crippen LogP contribution in [0.5, 0.6) is 0 Å². The molecule has 1 aliphatic rings. The molecule has 0 spiro atoms. The molecule has 2 atom stereocenters. The first-order valence-corrected chi connectivity index (χ1v) is 13.4. The summed E-state index contributed by atoms with van der Waals surface area (Å²) in [5, 5.41) is 2.41. The van der Waals surface area contributed by atoms with Crippen LogP contribution in [0.2, 0.25) is 0 Å². The summed E-state index contributed by atoms with van der Waals surface area (Å²) in [5.74, 6) is 0.202. The number of nitrogens with two attached hydrogens (primary N) is 1. The van der Waals surface area contributed by atoms with E-state index in [-0.39, 0.29) is 35.1 Å². The maximum absolute atomic E-state index is 13.0. The second-order valence-electron chi connectivity index (χ2n) is 10.2. The lowest BCUT2D eigenvalue weighted by atomic mass is 9.92. The number of pyridine rings is 1. The number of methoxy groups -OCH3 is 1. The summed E-state index contributed by atoms with van der Waals surface area (Å²) in [7, 11) is 1.57. The Kier molecular flexibility index (Phi) is 8.12. The molecule has 2 amide bonds. The highest BCUT2D eigenvalue weighted by Gasteiger charge is 2.33. The number of halogens is 3. The maximum atomic E-state index is 13.0. The van der Waals surface area contributed by atoms with Crippen LogP contribution >= 0.6 is 0 Å². The zero-order chi connectivity index (χ0) is 30.0. The molecule has 5 rings (SSSR count). The highest BCUT2D eigenvalue weighted by atomic mass is 19.4. The van der Waals surface area contributed by atoms with Gasteiger partial charge in [0.1, 0.15) is 28.7 Å². The molecule has 0 aliphatic carbocycles. The van der Waals surface area contributed by atoms with Gasteiger partial charge in [-0.05, 0) is 44.0 Å². The Labute approximate surface area is 239 Å². The van der Waals surface area contributed by atoms with Crippen LogP contribution in [0, 0.1) is 0 Å². The molecule has 4 heterocycles. The van der Waals surface area contributed by atoms with E-state index >= 15 is 0 Å². The average molecular weight is 582 g/mol. The van der Waals surface area contributed by atoms with E-state index in [0.29, 0.717) is 36.3 Å². The van der Waals surface area contributed by atoms with Crippen molar-refractivity contribution in [2.75, 3.05) is 31.3 Å². The number of nitrogens with one attached hydrogen (secondary N) is 1. The SMILES string of the molecule is COCCC(=O)N1C[C@H](c2nc(-c3ccc(C(=O)Nc4cc(C(F)(F)F)ccn4)cc3)c3c(N)nccn23)CC[C@@H]1C. The molecule has 4 aromatic rings. The molecule has 42 heavy (non-hydrogen) atoms. The number of likely N-dealkylation sites (tertiary alicyclic amines) is 1. The monoisotopic (exact) mass is 581 g/mol. The van der Waals surface area contributed by atoms with Crippen LogP contribution in [0.4, 0.5) is 24.8 Å². The number of nitrogens with zero attached hydrogens (tertiary/aromatic N) is 5. The molecule has 0 unspecified atom stereocenters. The zero-order valence-electron chi connectivity index (χ0n) is 23.1. The molecule has 0 radical (unpaired) electrons. The fourth-order valence-electron chi connectivity index (χ4n) is 5.22. The summed E-state index contributed by atoms with van der Waals surface area (Å²) in [6.07, 6.45) is 1.78. The minimum absolute atomic E-state index is 0.0329. The summed E-state index contributed by atoms with van der Waals surface area (Å²) in [6.45, 7) is 2.90. The Hall–Kier alpha value is -4.52. The Morgan fingerprint density at radius 3 is 2.60 bits per heavy atom. The Balaban J connectivity index is 1.41. The number of fused-ring (bicyclic) bond motifs is 1. The number of benzene rings is 1. The number of ether oxygens (including phenoxy) is 1. The van der Waals surface area contributed by atoms with Crippen molar-refractivity contribution in [2.45, 2.75) is 44.3 Å². The third-order valence-corrected chi connectivity index (χ3v) is 7.45. The van der Waals surface area contributed by atoms with E-state index in [9.17, 15) is 22.8 Å². The van der Waals surface area contributed by atoms with Gasteiger partial charge >= 0.3 is 6.18 Å². The lowest BCUT2D eigenvalue weighted by Crippen LogP contribution is -2.45. The van der Waals surface area contributed by atoms with E-state index in [4.69, 9.17) is 15.5 Å². The molecule has 1 aromatic carbocycles. The summed E-state index contributed by atoms with van der Waals surface area (Å²) >= 11 is 0. The topological polar surface area (TPSA) is 128 Å². The molecule has 1 fully saturated rings. The number of aromatic nitrogens is 4. The number of amides is 2. The van der Waals surface area contributed by atoms with Crippen LogP contribution in [0.15, 0.2) is 55.0 Å². The first-order valence-electron chi connectivity index (χ1n) is 13.4. The van der Waals surface area contributed by atoms with Gasteiger partial charge in [0.15, 0.2) is 0 Å². The molecular weight excluding hydrogens is 551 g/mol. The van der Waals surface area contributed by atoms with Gasteiger partial charge in [-0.15, -0.1) is 0 Å². The Morgan fingerprint density at radius 2 is 1.88 bits per heavy atom. The van der Waals surface area contributed by atoms with Gasteiger partial charge in [-0.25, -0.2) is 15.0 Å². The third kappa shape index (κ3) is 5.91. The lowest BCUT2D eigenvalue weighted by Gasteiger charge is -2.37. The van der Waals surface area contributed by atoms with E-state index in [1.165, 1.54) is 0 Å². The molecule has 220 valence electrons. The van der Waals surface area contributed by atoms with E-state index in [0.717, 1.165) is 37.0 Å². The number of imidazole rings is 1. The minimum Gasteiger partial charge on any atom is -0.384 e. The van der Waals surface area contributed by atoms with Gasteiger partial charge in [-0.1, -0.05) is 12.1 Å². The van der Waals surface area contributed by atoms with E-state index in [1.807, 2.05) is 16.2 Å². The minimum atomic E-state index is -4.55. The van der Waals surface area contributed by atoms with Gasteiger partial charge in [0.2, 0.25) is 5.91 Å². The van der Waals surface area contributed by atoms with Gasteiger partial charge in [-0.3, -0.25) is 14.0 Å². The molecule has 3 N–H and O–H groups in total. The first-order chi connectivity index (χ1) is 20.1. The number of rotatable bonds is 7. The van der Waals surface area contributed by atoms with Crippen molar-refractivity contribution >= 4 is 29.0 Å². The number of carbonyl (C=O) groups excluding carboxylic acids is 2. The van der Waals surface area contributed by atoms with Crippen molar-refractivity contribution in [1.82, 2.24) is 24.3 Å². The second kappa shape index (κ2) is 11.8. The Bertz CT molecular complexity index is 1600. The fraction of sp³-hybridized carbons (Fsp3) is 0.345. The van der Waals surface area contributed by atoms with Crippen molar-refractivity contribution in [1.29, 1.82) is 0 Å². The van der Waals surface area contributed by atoms with Gasteiger partial charge in [0, 0.05) is 55.3 Å². The van der Waals surface area contributed by atoms with Crippen molar-refractivity contribution in [2.24, 2.45) is 0 Å². The standard InChI is InChI=1S/C29H30F3N7O3/c1-17-3-4-20(16-39(17)23(40)10-14-42-2)27-37-24(25-26(33)35-12-13-38(25)27)18-5-7-19(8-6-18)28(41)36-22-15-21(9-11-34-22)29(30,31)32/h5-9,11-13,15,17,20H,3-4,10,14,16H2,1-2H3,(H2,33,35)(H,34,36,41)/t17-,20+/m0/s1. The van der Waals surface area contributed by atoms with Crippen molar-refractivity contribution in [3.05, 3.63) is 71.9 Å². The zero-order valence-corrected chi connectivity index (χ0v) is 23.1. The average Bonchev–Trinajstić information content (AvgIpc) is 3.37. The summed E-state index contributed by atoms with van der Waals surface area (Å²) in [4.78, 5) is 40.5. The van der Waals surface area contributed by atoms with Gasteiger partial charge in [0.25, 0.3) is 5.91 Å². The molecule has 13 heteroatoms. The van der Waals surface area contributed by atoms with Crippen LogP contribution in [0.3, 0.4) is 0 Å². The van der Waals surface area contributed by atoms with Crippen LogP contribution in [0.25, 0.3) is 16.8 Å². The van der Waals surface area contributed by atoms with Crippen molar-refractivity contribution in [3.8, 4) is 11.3 Å². The number of carbonyl (C=O) groups is 2. The number of piperidine rings is 1. The largest absolute Gasteiger partial charge is 0.416 e. The van der Waals surface area contributed by atoms with Crippen LogP contribution in [0.1, 0.15) is 53.8 Å². The predicted molar refractivity (Wildman–Crippen MR) is 150 cm³/mol. The first kappa shape index (κ1) is 29.0. The molecule has 10 nitrogen and oxygen atoms in total. The normalized spacial score (nSPS) is 17.4. The third-order valence-electron chi connectivity index (χ3n) is 7.45. The lowest BCUT2D eigenvalue weighted by molar-refractivity contribution is -0.137. The maximum Gasteiger partial charge on any atom is 0.416 e. The summed E-state index contributed by atoms with van der Waals surface area (Å²) in [6, 6.07) is 8.20. The van der Waals surface area contributed by atoms with E-state index in [2.05, 4.69) is 15.3 Å². The van der Waals surface area contributed by atoms with E-state index < -0.39 is 17.6 Å². The quantitative estimate of drug-likeness (QED) is 0.322. The van der Waals surface area contributed by atoms with Crippen molar-refractivity contribution < 1.29 is 27.5 Å². The summed E-state index contributed by atoms with van der Waals surface area (Å²) in [5.41, 5.74) is 7.45. The predicted octanol–water partition coefficient (Wildman–Crippen LogP) is 4.78. The number of alkyl halides is 3. The number of anilines is 2. The summed E-state index contributed by atoms with van der Waals surface area (Å²) < 4.78 is 46.1. The number of hydrogen-bond acceptors (Lipinski definition) is 7. The molecule has 0 saturated carbocycles. The van der Waals surface area contributed by atoms with Crippen LogP contribution in [-0.2, 0) is 15.7 Å². The molecule has 1 saturated heterocycles. The molecule has 0 bridgehead atoms. The molecule has 1 aliphatic heterocycles. The van der Waals surface area contributed by atoms with Gasteiger partial charge in [-0.2, -0.15) is 13.2 Å². The Morgan fingerprint density at radius 1 is 1.12 bits per heavy atom. The number of hydrogen-bond donors (Lipinski definition) is 2. The van der Waals surface area contributed by atoms with Gasteiger partial charge < -0.3 is 20.7 Å². The smallest absolute Gasteiger partial charge is 0.384 e. The highest BCUT2D eigenvalue weighted by molar-refractivity contribution is 6.04. The van der Waals surface area contributed by atoms with Crippen molar-refractivity contribution in [3.63, 3.8) is 0 Å². The highest BCUT2D eigenvalue weighted by Crippen LogP contribution is 2.35. The van der Waals surface area contributed by atoms with Gasteiger partial charge in [0.05, 0.1) is 18.6 Å². The molecular formula is C29H30F3N7O3. The second-order valence-corrected chi connectivity index (χ2v) is 10.2. The van der Waals surface area contributed by atoms with Crippen LogP contribution in [-0.4, -0.2) is 62.4 Å². The van der Waals surface area contributed by atoms with Crippen LogP contribution < -0.4 is 11.1 Å². The van der Waals surface area contributed by atoms with E-state index in [1.54, 1.807) is 43.8 Å². The number of nitrogen functional groups attached to an aromatic ring is 1. The molecule has 3 aromatic heterocycles.